The Bertz CT molecular complexity index is 365. The predicted octanol–water partition coefficient (Wildman–Crippen LogP) is 1.92. The molecule has 0 radical (unpaired) electrons. The third kappa shape index (κ3) is 2.18. The first-order valence-electron chi connectivity index (χ1n) is 3.99. The Kier molecular flexibility index (Phi) is 3.01. The molecule has 0 heterocycles. The largest absolute Gasteiger partial charge is 0.496 e. The summed E-state index contributed by atoms with van der Waals surface area (Å²) in [4.78, 5) is 9.67. The van der Waals surface area contributed by atoms with Gasteiger partial charge in [-0.15, -0.1) is 0 Å². The van der Waals surface area contributed by atoms with Gasteiger partial charge in [-0.25, -0.2) is 4.39 Å². The van der Waals surface area contributed by atoms with Crippen LogP contribution < -0.4 is 4.74 Å². The Morgan fingerprint density at radius 3 is 2.71 bits per heavy atom. The number of benzene rings is 1. The molecule has 0 amide bonds. The van der Waals surface area contributed by atoms with Gasteiger partial charge in [-0.3, -0.25) is 10.1 Å². The second kappa shape index (κ2) is 4.04. The van der Waals surface area contributed by atoms with E-state index in [-0.39, 0.29) is 11.3 Å². The molecule has 0 atom stereocenters. The van der Waals surface area contributed by atoms with Crippen LogP contribution in [0.15, 0.2) is 12.1 Å². The molecule has 4 nitrogen and oxygen atoms in total. The van der Waals surface area contributed by atoms with Crippen molar-refractivity contribution in [3.8, 4) is 5.75 Å². The lowest BCUT2D eigenvalue weighted by molar-refractivity contribution is -0.497. The molecule has 0 N–H and O–H groups in total. The first kappa shape index (κ1) is 10.4. The van der Waals surface area contributed by atoms with Crippen LogP contribution >= 0.6 is 0 Å². The molecule has 0 saturated heterocycles. The van der Waals surface area contributed by atoms with E-state index in [1.807, 2.05) is 0 Å². The van der Waals surface area contributed by atoms with E-state index in [1.165, 1.54) is 13.2 Å². The Balaban J connectivity index is 3.18. The molecule has 0 aromatic heterocycles. The fourth-order valence-corrected chi connectivity index (χ4v) is 1.20. The molecule has 0 unspecified atom stereocenters. The quantitative estimate of drug-likeness (QED) is 0.552. The van der Waals surface area contributed by atoms with Crippen molar-refractivity contribution in [1.82, 2.24) is 0 Å². The Hall–Kier alpha value is -1.65. The fraction of sp³-hybridized carbons (Fsp3) is 0.333. The molecule has 0 bridgehead atoms. The lowest BCUT2D eigenvalue weighted by Crippen LogP contribution is -2.04. The van der Waals surface area contributed by atoms with Crippen molar-refractivity contribution < 1.29 is 14.1 Å². The SMILES string of the molecule is COc1cc(C)cc(F)c1C[N+](=O)[O-]. The summed E-state index contributed by atoms with van der Waals surface area (Å²) in [5.41, 5.74) is 0.662. The number of rotatable bonds is 3. The molecule has 0 fully saturated rings. The van der Waals surface area contributed by atoms with Crippen LogP contribution in [0.3, 0.4) is 0 Å². The zero-order valence-corrected chi connectivity index (χ0v) is 7.91. The maximum Gasteiger partial charge on any atom is 0.235 e. The van der Waals surface area contributed by atoms with Gasteiger partial charge in [0.2, 0.25) is 6.54 Å². The molecule has 5 heteroatoms. The van der Waals surface area contributed by atoms with Gasteiger partial charge >= 0.3 is 0 Å². The number of halogens is 1. The number of hydrogen-bond donors (Lipinski definition) is 0. The summed E-state index contributed by atoms with van der Waals surface area (Å²) in [7, 11) is 1.36. The molecular formula is C9H10FNO3. The number of nitro groups is 1. The minimum atomic E-state index is -0.599. The van der Waals surface area contributed by atoms with Gasteiger partial charge < -0.3 is 4.74 Å². The molecule has 1 aromatic carbocycles. The van der Waals surface area contributed by atoms with Crippen LogP contribution in [-0.2, 0) is 6.54 Å². The highest BCUT2D eigenvalue weighted by molar-refractivity contribution is 5.37. The monoisotopic (exact) mass is 199 g/mol. The van der Waals surface area contributed by atoms with Gasteiger partial charge in [0, 0.05) is 4.92 Å². The Labute approximate surface area is 80.5 Å². The minimum absolute atomic E-state index is 0.0110. The van der Waals surface area contributed by atoms with Crippen LogP contribution in [0.2, 0.25) is 0 Å². The van der Waals surface area contributed by atoms with Crippen molar-refractivity contribution in [1.29, 1.82) is 0 Å². The van der Waals surface area contributed by atoms with Gasteiger partial charge in [-0.1, -0.05) is 0 Å². The third-order valence-electron chi connectivity index (χ3n) is 1.81. The second-order valence-corrected chi connectivity index (χ2v) is 2.92. The number of nitrogens with zero attached hydrogens (tertiary/aromatic N) is 1. The van der Waals surface area contributed by atoms with Crippen LogP contribution in [0.1, 0.15) is 11.1 Å². The van der Waals surface area contributed by atoms with Crippen molar-refractivity contribution >= 4 is 0 Å². The number of methoxy groups -OCH3 is 1. The van der Waals surface area contributed by atoms with Crippen molar-refractivity contribution in [3.05, 3.63) is 39.2 Å². The summed E-state index contributed by atoms with van der Waals surface area (Å²) >= 11 is 0. The van der Waals surface area contributed by atoms with E-state index >= 15 is 0 Å². The molecule has 0 spiro atoms. The van der Waals surface area contributed by atoms with Gasteiger partial charge in [0.1, 0.15) is 11.6 Å². The maximum atomic E-state index is 13.3. The van der Waals surface area contributed by atoms with Crippen molar-refractivity contribution in [2.45, 2.75) is 13.5 Å². The van der Waals surface area contributed by atoms with Crippen LogP contribution in [0.5, 0.6) is 5.75 Å². The van der Waals surface area contributed by atoms with Crippen molar-refractivity contribution in [2.24, 2.45) is 0 Å². The van der Waals surface area contributed by atoms with E-state index in [4.69, 9.17) is 4.74 Å². The molecule has 76 valence electrons. The summed E-state index contributed by atoms with van der Waals surface area (Å²) in [5.74, 6) is -0.377. The molecule has 1 aromatic rings. The topological polar surface area (TPSA) is 52.4 Å². The zero-order chi connectivity index (χ0) is 10.7. The van der Waals surface area contributed by atoms with E-state index in [0.717, 1.165) is 0 Å². The average Bonchev–Trinajstić information content (AvgIpc) is 2.08. The summed E-state index contributed by atoms with van der Waals surface area (Å²) in [6.07, 6.45) is 0. The number of ether oxygens (including phenoxy) is 1. The fourth-order valence-electron chi connectivity index (χ4n) is 1.20. The lowest BCUT2D eigenvalue weighted by Gasteiger charge is -2.07. The van der Waals surface area contributed by atoms with E-state index in [1.54, 1.807) is 13.0 Å². The molecule has 0 aliphatic heterocycles. The highest BCUT2D eigenvalue weighted by Gasteiger charge is 2.15. The van der Waals surface area contributed by atoms with Crippen LogP contribution in [0.4, 0.5) is 4.39 Å². The number of aryl methyl sites for hydroxylation is 1. The molecular weight excluding hydrogens is 189 g/mol. The highest BCUT2D eigenvalue weighted by Crippen LogP contribution is 2.23. The van der Waals surface area contributed by atoms with Crippen molar-refractivity contribution in [2.75, 3.05) is 7.11 Å². The second-order valence-electron chi connectivity index (χ2n) is 2.92. The molecule has 14 heavy (non-hydrogen) atoms. The molecule has 0 aliphatic carbocycles. The third-order valence-corrected chi connectivity index (χ3v) is 1.81. The van der Waals surface area contributed by atoms with Gasteiger partial charge in [0.05, 0.1) is 12.7 Å². The van der Waals surface area contributed by atoms with Gasteiger partial charge in [0.25, 0.3) is 0 Å². The van der Waals surface area contributed by atoms with E-state index in [0.29, 0.717) is 5.56 Å². The zero-order valence-electron chi connectivity index (χ0n) is 7.91. The first-order chi connectivity index (χ1) is 6.54. The maximum absolute atomic E-state index is 13.3. The van der Waals surface area contributed by atoms with Crippen molar-refractivity contribution in [3.63, 3.8) is 0 Å². The average molecular weight is 199 g/mol. The standard InChI is InChI=1S/C9H10FNO3/c1-6-3-8(10)7(5-11(12)13)9(4-6)14-2/h3-4H,5H2,1-2H3. The van der Waals surface area contributed by atoms with E-state index < -0.39 is 17.3 Å². The number of hydrogen-bond acceptors (Lipinski definition) is 3. The van der Waals surface area contributed by atoms with Crippen LogP contribution in [-0.4, -0.2) is 12.0 Å². The van der Waals surface area contributed by atoms with E-state index in [9.17, 15) is 14.5 Å². The van der Waals surface area contributed by atoms with Gasteiger partial charge in [-0.05, 0) is 24.6 Å². The molecule has 0 aliphatic rings. The van der Waals surface area contributed by atoms with Crippen LogP contribution in [0.25, 0.3) is 0 Å². The minimum Gasteiger partial charge on any atom is -0.496 e. The van der Waals surface area contributed by atoms with Crippen LogP contribution in [0, 0.1) is 22.9 Å². The summed E-state index contributed by atoms with van der Waals surface area (Å²) < 4.78 is 18.1. The van der Waals surface area contributed by atoms with Gasteiger partial charge in [-0.2, -0.15) is 0 Å². The van der Waals surface area contributed by atoms with Gasteiger partial charge in [0.15, 0.2) is 0 Å². The smallest absolute Gasteiger partial charge is 0.235 e. The molecule has 0 saturated carbocycles. The summed E-state index contributed by atoms with van der Waals surface area (Å²) in [6, 6.07) is 2.82. The lowest BCUT2D eigenvalue weighted by atomic mass is 10.1. The Morgan fingerprint density at radius 1 is 1.57 bits per heavy atom. The predicted molar refractivity (Wildman–Crippen MR) is 48.4 cm³/mol. The highest BCUT2D eigenvalue weighted by atomic mass is 19.1. The van der Waals surface area contributed by atoms with E-state index in [2.05, 4.69) is 0 Å². The first-order valence-corrected chi connectivity index (χ1v) is 3.99. The summed E-state index contributed by atoms with van der Waals surface area (Å²) in [6.45, 7) is 1.14. The molecule has 1 rings (SSSR count). The normalized spacial score (nSPS) is 9.93. The summed E-state index contributed by atoms with van der Waals surface area (Å²) in [5, 5.41) is 10.3. The Morgan fingerprint density at radius 2 is 2.21 bits per heavy atom.